The van der Waals surface area contributed by atoms with Gasteiger partial charge in [0, 0.05) is 26.1 Å². The molecule has 0 aliphatic heterocycles. The maximum Gasteiger partial charge on any atom is 0.0611 e. The standard InChI is InChI=1S/C12H9NS2/c14-10-6-5-8-7-3-1-2-4-9(7)13-11(8)12(10)15/h1-6,13-15H. The van der Waals surface area contributed by atoms with Gasteiger partial charge in [-0.1, -0.05) is 24.3 Å². The Kier molecular flexibility index (Phi) is 1.97. The summed E-state index contributed by atoms with van der Waals surface area (Å²) >= 11 is 8.83. The van der Waals surface area contributed by atoms with E-state index < -0.39 is 0 Å². The van der Waals surface area contributed by atoms with E-state index in [0.717, 1.165) is 20.8 Å². The lowest BCUT2D eigenvalue weighted by molar-refractivity contribution is 1.29. The third-order valence-electron chi connectivity index (χ3n) is 2.63. The van der Waals surface area contributed by atoms with Crippen LogP contribution in [-0.2, 0) is 0 Å². The molecule has 15 heavy (non-hydrogen) atoms. The van der Waals surface area contributed by atoms with E-state index in [-0.39, 0.29) is 0 Å². The van der Waals surface area contributed by atoms with Crippen LogP contribution < -0.4 is 0 Å². The van der Waals surface area contributed by atoms with Crippen LogP contribution in [0.2, 0.25) is 0 Å². The zero-order valence-electron chi connectivity index (χ0n) is 7.86. The molecule has 1 N–H and O–H groups in total. The minimum atomic E-state index is 0.900. The van der Waals surface area contributed by atoms with E-state index in [4.69, 9.17) is 0 Å². The van der Waals surface area contributed by atoms with Gasteiger partial charge >= 0.3 is 0 Å². The van der Waals surface area contributed by atoms with E-state index in [1.807, 2.05) is 18.2 Å². The van der Waals surface area contributed by atoms with Crippen LogP contribution in [0.1, 0.15) is 0 Å². The van der Waals surface area contributed by atoms with Gasteiger partial charge in [0.05, 0.1) is 5.52 Å². The summed E-state index contributed by atoms with van der Waals surface area (Å²) < 4.78 is 0. The molecule has 0 unspecified atom stereocenters. The smallest absolute Gasteiger partial charge is 0.0611 e. The van der Waals surface area contributed by atoms with Crippen molar-refractivity contribution in [3.63, 3.8) is 0 Å². The Balaban J connectivity index is 2.60. The number of thiol groups is 2. The third kappa shape index (κ3) is 1.27. The lowest BCUT2D eigenvalue weighted by Crippen LogP contribution is -1.74. The first-order chi connectivity index (χ1) is 7.27. The van der Waals surface area contributed by atoms with Gasteiger partial charge < -0.3 is 4.98 Å². The number of hydrogen-bond acceptors (Lipinski definition) is 2. The first-order valence-electron chi connectivity index (χ1n) is 4.69. The molecule has 0 atom stereocenters. The van der Waals surface area contributed by atoms with Crippen LogP contribution in [0.15, 0.2) is 46.2 Å². The van der Waals surface area contributed by atoms with Crippen LogP contribution in [0.25, 0.3) is 21.8 Å². The Morgan fingerprint density at radius 1 is 0.867 bits per heavy atom. The van der Waals surface area contributed by atoms with Gasteiger partial charge in [-0.2, -0.15) is 0 Å². The van der Waals surface area contributed by atoms with Gasteiger partial charge in [-0.3, -0.25) is 0 Å². The molecule has 74 valence electrons. The van der Waals surface area contributed by atoms with Crippen molar-refractivity contribution in [1.82, 2.24) is 4.98 Å². The van der Waals surface area contributed by atoms with Crippen LogP contribution in [0.3, 0.4) is 0 Å². The van der Waals surface area contributed by atoms with Crippen molar-refractivity contribution in [2.45, 2.75) is 9.79 Å². The van der Waals surface area contributed by atoms with Crippen molar-refractivity contribution in [2.75, 3.05) is 0 Å². The highest BCUT2D eigenvalue weighted by molar-refractivity contribution is 7.83. The fourth-order valence-corrected chi connectivity index (χ4v) is 2.33. The number of nitrogens with one attached hydrogen (secondary N) is 1. The van der Waals surface area contributed by atoms with Crippen molar-refractivity contribution in [1.29, 1.82) is 0 Å². The molecule has 0 aliphatic rings. The summed E-state index contributed by atoms with van der Waals surface area (Å²) in [6, 6.07) is 12.3. The second kappa shape index (κ2) is 3.22. The minimum absolute atomic E-state index is 0.900. The van der Waals surface area contributed by atoms with Gasteiger partial charge in [-0.25, -0.2) is 0 Å². The van der Waals surface area contributed by atoms with Gasteiger partial charge in [0.15, 0.2) is 0 Å². The minimum Gasteiger partial charge on any atom is -0.354 e. The normalized spacial score (nSPS) is 11.3. The summed E-state index contributed by atoms with van der Waals surface area (Å²) in [6.07, 6.45) is 0. The highest BCUT2D eigenvalue weighted by Gasteiger charge is 2.07. The molecule has 0 aliphatic carbocycles. The van der Waals surface area contributed by atoms with Crippen LogP contribution in [-0.4, -0.2) is 4.98 Å². The third-order valence-corrected chi connectivity index (χ3v) is 3.65. The van der Waals surface area contributed by atoms with Gasteiger partial charge in [0.25, 0.3) is 0 Å². The predicted molar refractivity (Wildman–Crippen MR) is 70.3 cm³/mol. The summed E-state index contributed by atoms with van der Waals surface area (Å²) in [7, 11) is 0. The van der Waals surface area contributed by atoms with Gasteiger partial charge in [-0.05, 0) is 12.1 Å². The Morgan fingerprint density at radius 2 is 1.67 bits per heavy atom. The maximum absolute atomic E-state index is 4.47. The molecule has 3 rings (SSSR count). The van der Waals surface area contributed by atoms with Crippen molar-refractivity contribution in [2.24, 2.45) is 0 Å². The molecule has 0 bridgehead atoms. The Hall–Kier alpha value is -1.06. The van der Waals surface area contributed by atoms with E-state index in [2.05, 4.69) is 48.4 Å². The summed E-state index contributed by atoms with van der Waals surface area (Å²) in [5.74, 6) is 0. The first kappa shape index (κ1) is 9.19. The number of rotatable bonds is 0. The fourth-order valence-electron chi connectivity index (χ4n) is 1.89. The average Bonchev–Trinajstić information content (AvgIpc) is 2.63. The molecule has 0 spiro atoms. The first-order valence-corrected chi connectivity index (χ1v) is 5.58. The zero-order valence-corrected chi connectivity index (χ0v) is 9.65. The van der Waals surface area contributed by atoms with Crippen LogP contribution >= 0.6 is 25.3 Å². The Morgan fingerprint density at radius 3 is 2.53 bits per heavy atom. The van der Waals surface area contributed by atoms with E-state index in [0.29, 0.717) is 0 Å². The molecule has 0 saturated carbocycles. The lowest BCUT2D eigenvalue weighted by atomic mass is 10.1. The van der Waals surface area contributed by atoms with E-state index >= 15 is 0 Å². The quantitative estimate of drug-likeness (QED) is 0.487. The molecule has 1 aromatic heterocycles. The number of aromatic amines is 1. The molecule has 0 amide bonds. The number of fused-ring (bicyclic) bond motifs is 3. The monoisotopic (exact) mass is 231 g/mol. The average molecular weight is 231 g/mol. The van der Waals surface area contributed by atoms with E-state index in [1.165, 1.54) is 10.8 Å². The molecular formula is C12H9NS2. The van der Waals surface area contributed by atoms with Crippen molar-refractivity contribution in [3.8, 4) is 0 Å². The van der Waals surface area contributed by atoms with Crippen LogP contribution in [0.4, 0.5) is 0 Å². The predicted octanol–water partition coefficient (Wildman–Crippen LogP) is 3.90. The topological polar surface area (TPSA) is 15.8 Å². The van der Waals surface area contributed by atoms with E-state index in [9.17, 15) is 0 Å². The van der Waals surface area contributed by atoms with Gasteiger partial charge in [-0.15, -0.1) is 25.3 Å². The number of aromatic nitrogens is 1. The summed E-state index contributed by atoms with van der Waals surface area (Å²) in [6.45, 7) is 0. The number of benzene rings is 2. The highest BCUT2D eigenvalue weighted by Crippen LogP contribution is 2.32. The zero-order chi connectivity index (χ0) is 10.4. The summed E-state index contributed by atoms with van der Waals surface area (Å²) in [4.78, 5) is 5.17. The van der Waals surface area contributed by atoms with Crippen molar-refractivity contribution in [3.05, 3.63) is 36.4 Å². The number of hydrogen-bond donors (Lipinski definition) is 3. The molecule has 3 aromatic rings. The van der Waals surface area contributed by atoms with Crippen molar-refractivity contribution < 1.29 is 0 Å². The van der Waals surface area contributed by atoms with Crippen molar-refractivity contribution >= 4 is 47.1 Å². The maximum atomic E-state index is 4.47. The van der Waals surface area contributed by atoms with Crippen LogP contribution in [0.5, 0.6) is 0 Å². The number of para-hydroxylation sites is 1. The summed E-state index contributed by atoms with van der Waals surface area (Å²) in [5.41, 5.74) is 2.20. The molecule has 0 saturated heterocycles. The largest absolute Gasteiger partial charge is 0.354 e. The SMILES string of the molecule is Sc1ccc2c([nH]c3ccccc32)c1S. The van der Waals surface area contributed by atoms with E-state index in [1.54, 1.807) is 0 Å². The second-order valence-electron chi connectivity index (χ2n) is 3.53. The number of H-pyrrole nitrogens is 1. The molecule has 1 heterocycles. The highest BCUT2D eigenvalue weighted by atomic mass is 32.1. The van der Waals surface area contributed by atoms with Crippen LogP contribution in [0, 0.1) is 0 Å². The molecule has 0 radical (unpaired) electrons. The second-order valence-corrected chi connectivity index (χ2v) is 4.46. The molecular weight excluding hydrogens is 222 g/mol. The van der Waals surface area contributed by atoms with Gasteiger partial charge in [0.1, 0.15) is 0 Å². The Labute approximate surface area is 98.3 Å². The molecule has 1 nitrogen and oxygen atoms in total. The fraction of sp³-hybridized carbons (Fsp3) is 0. The molecule has 2 aromatic carbocycles. The molecule has 3 heteroatoms. The molecule has 0 fully saturated rings. The lowest BCUT2D eigenvalue weighted by Gasteiger charge is -1.98. The summed E-state index contributed by atoms with van der Waals surface area (Å²) in [5, 5.41) is 2.43. The Bertz CT molecular complexity index is 655. The van der Waals surface area contributed by atoms with Gasteiger partial charge in [0.2, 0.25) is 0 Å².